The topological polar surface area (TPSA) is 73.9 Å². The Balaban J connectivity index is 1.94. The molecule has 1 amide bonds. The SMILES string of the molecule is CC(CC(=O)OCC(C)(C)C)OC[C@@H]1c2ccccc2C[C@H]1NC(=O)OC(C)(C)C. The predicted octanol–water partition coefficient (Wildman–Crippen LogP) is 4.60. The molecule has 1 aliphatic rings. The molecule has 0 saturated carbocycles. The van der Waals surface area contributed by atoms with Crippen molar-refractivity contribution in [2.24, 2.45) is 5.41 Å². The molecule has 0 saturated heterocycles. The molecular formula is C24H37NO5. The summed E-state index contributed by atoms with van der Waals surface area (Å²) < 4.78 is 16.8. The van der Waals surface area contributed by atoms with Gasteiger partial charge >= 0.3 is 12.1 Å². The number of amides is 1. The minimum absolute atomic E-state index is 0.00163. The van der Waals surface area contributed by atoms with Gasteiger partial charge < -0.3 is 19.5 Å². The van der Waals surface area contributed by atoms with E-state index in [1.54, 1.807) is 0 Å². The van der Waals surface area contributed by atoms with Crippen molar-refractivity contribution in [1.82, 2.24) is 5.32 Å². The van der Waals surface area contributed by atoms with Crippen molar-refractivity contribution in [2.45, 2.75) is 85.0 Å². The number of ether oxygens (including phenoxy) is 3. The Kier molecular flexibility index (Phi) is 7.92. The summed E-state index contributed by atoms with van der Waals surface area (Å²) in [6, 6.07) is 8.03. The maximum absolute atomic E-state index is 12.3. The van der Waals surface area contributed by atoms with Gasteiger partial charge in [0.2, 0.25) is 0 Å². The molecule has 168 valence electrons. The zero-order chi connectivity index (χ0) is 22.5. The summed E-state index contributed by atoms with van der Waals surface area (Å²) in [7, 11) is 0. The lowest BCUT2D eigenvalue weighted by Crippen LogP contribution is -2.42. The average molecular weight is 420 g/mol. The van der Waals surface area contributed by atoms with Crippen LogP contribution in [0.25, 0.3) is 0 Å². The van der Waals surface area contributed by atoms with Gasteiger partial charge in [0.25, 0.3) is 0 Å². The lowest BCUT2D eigenvalue weighted by atomic mass is 9.99. The van der Waals surface area contributed by atoms with Crippen LogP contribution in [0.4, 0.5) is 4.79 Å². The molecule has 1 aliphatic carbocycles. The molecule has 6 heteroatoms. The normalized spacial score (nSPS) is 19.7. The molecule has 0 spiro atoms. The Labute approximate surface area is 180 Å². The molecule has 0 radical (unpaired) electrons. The fourth-order valence-electron chi connectivity index (χ4n) is 3.41. The van der Waals surface area contributed by atoms with Gasteiger partial charge in [0.15, 0.2) is 0 Å². The van der Waals surface area contributed by atoms with Crippen LogP contribution in [0.3, 0.4) is 0 Å². The highest BCUT2D eigenvalue weighted by Gasteiger charge is 2.35. The van der Waals surface area contributed by atoms with E-state index in [1.165, 1.54) is 11.1 Å². The fourth-order valence-corrected chi connectivity index (χ4v) is 3.41. The van der Waals surface area contributed by atoms with E-state index in [0.717, 1.165) is 6.42 Å². The maximum atomic E-state index is 12.3. The Morgan fingerprint density at radius 1 is 1.13 bits per heavy atom. The zero-order valence-electron chi connectivity index (χ0n) is 19.4. The zero-order valence-corrected chi connectivity index (χ0v) is 19.4. The molecule has 2 rings (SSSR count). The lowest BCUT2D eigenvalue weighted by molar-refractivity contribution is -0.149. The quantitative estimate of drug-likeness (QED) is 0.654. The van der Waals surface area contributed by atoms with Gasteiger partial charge in [-0.05, 0) is 50.7 Å². The van der Waals surface area contributed by atoms with Gasteiger partial charge in [-0.1, -0.05) is 45.0 Å². The second kappa shape index (κ2) is 9.82. The third-order valence-electron chi connectivity index (χ3n) is 4.76. The number of alkyl carbamates (subject to hydrolysis) is 1. The Hall–Kier alpha value is -2.08. The molecule has 1 aromatic carbocycles. The van der Waals surface area contributed by atoms with Crippen LogP contribution >= 0.6 is 0 Å². The van der Waals surface area contributed by atoms with Gasteiger partial charge in [0, 0.05) is 12.0 Å². The number of rotatable bonds is 7. The van der Waals surface area contributed by atoms with E-state index in [9.17, 15) is 9.59 Å². The third-order valence-corrected chi connectivity index (χ3v) is 4.76. The van der Waals surface area contributed by atoms with Crippen molar-refractivity contribution in [3.05, 3.63) is 35.4 Å². The van der Waals surface area contributed by atoms with Gasteiger partial charge in [-0.15, -0.1) is 0 Å². The van der Waals surface area contributed by atoms with Crippen molar-refractivity contribution in [3.63, 3.8) is 0 Å². The van der Waals surface area contributed by atoms with Gasteiger partial charge in [-0.3, -0.25) is 4.79 Å². The number of nitrogens with one attached hydrogen (secondary N) is 1. The smallest absolute Gasteiger partial charge is 0.407 e. The Morgan fingerprint density at radius 2 is 1.80 bits per heavy atom. The summed E-state index contributed by atoms with van der Waals surface area (Å²) in [5, 5.41) is 3.00. The highest BCUT2D eigenvalue weighted by molar-refractivity contribution is 5.70. The fraction of sp³-hybridized carbons (Fsp3) is 0.667. The second-order valence-electron chi connectivity index (χ2n) is 10.3. The molecule has 0 aromatic heterocycles. The molecule has 3 atom stereocenters. The summed E-state index contributed by atoms with van der Waals surface area (Å²) in [6.45, 7) is 14.3. The first-order chi connectivity index (χ1) is 13.8. The van der Waals surface area contributed by atoms with Crippen LogP contribution in [0.1, 0.15) is 71.9 Å². The maximum Gasteiger partial charge on any atom is 0.407 e. The molecule has 0 fully saturated rings. The average Bonchev–Trinajstić information content (AvgIpc) is 2.92. The van der Waals surface area contributed by atoms with E-state index in [2.05, 4.69) is 17.4 Å². The van der Waals surface area contributed by atoms with E-state index in [1.807, 2.05) is 60.6 Å². The Bertz CT molecular complexity index is 732. The minimum Gasteiger partial charge on any atom is -0.465 e. The molecule has 30 heavy (non-hydrogen) atoms. The van der Waals surface area contributed by atoms with Crippen LogP contribution < -0.4 is 5.32 Å². The van der Waals surface area contributed by atoms with E-state index < -0.39 is 11.7 Å². The number of carbonyl (C=O) groups excluding carboxylic acids is 2. The van der Waals surface area contributed by atoms with E-state index >= 15 is 0 Å². The number of esters is 1. The number of hydrogen-bond donors (Lipinski definition) is 1. The van der Waals surface area contributed by atoms with Gasteiger partial charge in [-0.2, -0.15) is 0 Å². The van der Waals surface area contributed by atoms with E-state index in [-0.39, 0.29) is 35.9 Å². The van der Waals surface area contributed by atoms with E-state index in [0.29, 0.717) is 13.2 Å². The summed E-state index contributed by atoms with van der Waals surface area (Å²) in [6.07, 6.45) is 0.233. The van der Waals surface area contributed by atoms with Crippen molar-refractivity contribution >= 4 is 12.1 Å². The third kappa shape index (κ3) is 7.98. The van der Waals surface area contributed by atoms with Gasteiger partial charge in [-0.25, -0.2) is 4.79 Å². The van der Waals surface area contributed by atoms with E-state index in [4.69, 9.17) is 14.2 Å². The van der Waals surface area contributed by atoms with Crippen LogP contribution in [0.5, 0.6) is 0 Å². The molecular weight excluding hydrogens is 382 g/mol. The van der Waals surface area contributed by atoms with Crippen molar-refractivity contribution in [2.75, 3.05) is 13.2 Å². The summed E-state index contributed by atoms with van der Waals surface area (Å²) in [4.78, 5) is 24.4. The number of benzene rings is 1. The van der Waals surface area contributed by atoms with Crippen LogP contribution in [0, 0.1) is 5.41 Å². The van der Waals surface area contributed by atoms with Gasteiger partial charge in [0.05, 0.1) is 25.7 Å². The number of carbonyl (C=O) groups is 2. The number of fused-ring (bicyclic) bond motifs is 1. The van der Waals surface area contributed by atoms with Crippen molar-refractivity contribution in [3.8, 4) is 0 Å². The van der Waals surface area contributed by atoms with Crippen molar-refractivity contribution < 1.29 is 23.8 Å². The molecule has 1 N–H and O–H groups in total. The second-order valence-corrected chi connectivity index (χ2v) is 10.3. The van der Waals surface area contributed by atoms with Crippen LogP contribution in [0.2, 0.25) is 0 Å². The molecule has 6 nitrogen and oxygen atoms in total. The first-order valence-electron chi connectivity index (χ1n) is 10.7. The first kappa shape index (κ1) is 24.2. The number of hydrogen-bond acceptors (Lipinski definition) is 5. The summed E-state index contributed by atoms with van der Waals surface area (Å²) in [5.41, 5.74) is 1.75. The highest BCUT2D eigenvalue weighted by Crippen LogP contribution is 2.34. The standard InChI is InChI=1S/C24H37NO5/c1-16(12-21(26)29-15-23(2,3)4)28-14-19-18-11-9-8-10-17(18)13-20(19)25-22(27)30-24(5,6)7/h8-11,16,19-20H,12-15H2,1-7H3,(H,25,27)/t16?,19-,20-/m1/s1. The largest absolute Gasteiger partial charge is 0.465 e. The predicted molar refractivity (Wildman–Crippen MR) is 116 cm³/mol. The first-order valence-corrected chi connectivity index (χ1v) is 10.7. The van der Waals surface area contributed by atoms with Crippen LogP contribution in [-0.4, -0.2) is 43.0 Å². The molecule has 1 unspecified atom stereocenters. The van der Waals surface area contributed by atoms with Crippen LogP contribution in [0.15, 0.2) is 24.3 Å². The minimum atomic E-state index is -0.552. The molecule has 0 bridgehead atoms. The highest BCUT2D eigenvalue weighted by atomic mass is 16.6. The summed E-state index contributed by atoms with van der Waals surface area (Å²) in [5.74, 6) is -0.255. The molecule has 0 heterocycles. The Morgan fingerprint density at radius 3 is 2.43 bits per heavy atom. The van der Waals surface area contributed by atoms with Crippen molar-refractivity contribution in [1.29, 1.82) is 0 Å². The lowest BCUT2D eigenvalue weighted by Gasteiger charge is -2.26. The summed E-state index contributed by atoms with van der Waals surface area (Å²) >= 11 is 0. The molecule has 1 aromatic rings. The monoisotopic (exact) mass is 419 g/mol. The van der Waals surface area contributed by atoms with Crippen LogP contribution in [-0.2, 0) is 25.4 Å². The molecule has 0 aliphatic heterocycles. The van der Waals surface area contributed by atoms with Gasteiger partial charge in [0.1, 0.15) is 5.60 Å².